The van der Waals surface area contributed by atoms with Crippen molar-refractivity contribution in [1.29, 1.82) is 0 Å². The van der Waals surface area contributed by atoms with E-state index in [9.17, 15) is 9.59 Å². The molecule has 0 bridgehead atoms. The van der Waals surface area contributed by atoms with Crippen LogP contribution in [-0.4, -0.2) is 11.8 Å². The summed E-state index contributed by atoms with van der Waals surface area (Å²) < 4.78 is 0. The summed E-state index contributed by atoms with van der Waals surface area (Å²) in [5.41, 5.74) is 7.44. The molecule has 4 N–H and O–H groups in total. The van der Waals surface area contributed by atoms with Gasteiger partial charge in [-0.15, -0.1) is 0 Å². The minimum Gasteiger partial charge on any atom is -0.397 e. The van der Waals surface area contributed by atoms with Crippen molar-refractivity contribution >= 4 is 34.8 Å². The first-order chi connectivity index (χ1) is 11.2. The summed E-state index contributed by atoms with van der Waals surface area (Å²) >= 11 is 5.86. The number of nitrogen functional groups attached to an aromatic ring is 1. The van der Waals surface area contributed by atoms with Crippen LogP contribution in [-0.2, 0) is 5.54 Å². The Morgan fingerprint density at radius 2 is 1.83 bits per heavy atom. The predicted octanol–water partition coefficient (Wildman–Crippen LogP) is 4.18. The molecule has 0 spiro atoms. The van der Waals surface area contributed by atoms with Gasteiger partial charge in [-0.3, -0.25) is 4.79 Å². The molecular formula is C18H20ClN3O2. The van der Waals surface area contributed by atoms with Crippen molar-refractivity contribution in [3.05, 3.63) is 58.6 Å². The molecule has 126 valence electrons. The summed E-state index contributed by atoms with van der Waals surface area (Å²) in [4.78, 5) is 23.8. The lowest BCUT2D eigenvalue weighted by Gasteiger charge is -2.27. The highest BCUT2D eigenvalue weighted by atomic mass is 35.5. The van der Waals surface area contributed by atoms with E-state index in [0.717, 1.165) is 5.56 Å². The summed E-state index contributed by atoms with van der Waals surface area (Å²) in [5, 5.41) is 6.04. The molecule has 0 saturated carbocycles. The van der Waals surface area contributed by atoms with Crippen LogP contribution >= 0.6 is 11.6 Å². The minimum atomic E-state index is -0.659. The summed E-state index contributed by atoms with van der Waals surface area (Å²) in [7, 11) is 0. The maximum absolute atomic E-state index is 12.3. The van der Waals surface area contributed by atoms with Crippen LogP contribution in [0.3, 0.4) is 0 Å². The van der Waals surface area contributed by atoms with E-state index in [1.54, 1.807) is 36.4 Å². The van der Waals surface area contributed by atoms with Crippen LogP contribution in [0, 0.1) is 0 Å². The lowest BCUT2D eigenvalue weighted by Crippen LogP contribution is -2.43. The standard InChI is InChI=1S/C18H20ClN3O2/c1-11(23)12-5-4-6-13(9-12)18(2,3)22-17(24)21-14-7-8-15(19)16(20)10-14/h4-10H,20H2,1-3H3,(H2,21,22,24). The zero-order valence-electron chi connectivity index (χ0n) is 13.8. The van der Waals surface area contributed by atoms with Crippen LogP contribution in [0.4, 0.5) is 16.2 Å². The van der Waals surface area contributed by atoms with Gasteiger partial charge in [0.25, 0.3) is 0 Å². The van der Waals surface area contributed by atoms with Gasteiger partial charge in [-0.2, -0.15) is 0 Å². The second-order valence-corrected chi connectivity index (χ2v) is 6.48. The molecule has 5 nitrogen and oxygen atoms in total. The molecule has 2 aromatic rings. The van der Waals surface area contributed by atoms with Crippen LogP contribution in [0.2, 0.25) is 5.02 Å². The molecule has 0 saturated heterocycles. The number of amides is 2. The van der Waals surface area contributed by atoms with Crippen molar-refractivity contribution in [1.82, 2.24) is 5.32 Å². The average molecular weight is 346 g/mol. The number of nitrogens with one attached hydrogen (secondary N) is 2. The highest BCUT2D eigenvalue weighted by Crippen LogP contribution is 2.24. The molecule has 0 fully saturated rings. The van der Waals surface area contributed by atoms with Gasteiger partial charge >= 0.3 is 6.03 Å². The smallest absolute Gasteiger partial charge is 0.319 e. The van der Waals surface area contributed by atoms with E-state index in [-0.39, 0.29) is 11.8 Å². The maximum atomic E-state index is 12.3. The number of halogens is 1. The number of hydrogen-bond acceptors (Lipinski definition) is 3. The molecule has 2 rings (SSSR count). The van der Waals surface area contributed by atoms with Crippen LogP contribution in [0.25, 0.3) is 0 Å². The number of nitrogens with two attached hydrogens (primary N) is 1. The molecule has 0 atom stereocenters. The topological polar surface area (TPSA) is 84.2 Å². The van der Waals surface area contributed by atoms with Gasteiger partial charge in [0.15, 0.2) is 5.78 Å². The lowest BCUT2D eigenvalue weighted by molar-refractivity contribution is 0.101. The molecule has 0 heterocycles. The number of ketones is 1. The molecule has 0 aliphatic carbocycles. The van der Waals surface area contributed by atoms with Crippen molar-refractivity contribution in [3.63, 3.8) is 0 Å². The molecular weight excluding hydrogens is 326 g/mol. The molecule has 0 unspecified atom stereocenters. The molecule has 2 aromatic carbocycles. The first-order valence-corrected chi connectivity index (χ1v) is 7.82. The highest BCUT2D eigenvalue weighted by molar-refractivity contribution is 6.33. The second-order valence-electron chi connectivity index (χ2n) is 6.08. The van der Waals surface area contributed by atoms with E-state index in [2.05, 4.69) is 10.6 Å². The number of rotatable bonds is 4. The number of benzene rings is 2. The molecule has 2 amide bonds. The Balaban J connectivity index is 2.13. The van der Waals surface area contributed by atoms with Crippen LogP contribution in [0.15, 0.2) is 42.5 Å². The number of anilines is 2. The van der Waals surface area contributed by atoms with Gasteiger partial charge in [0.2, 0.25) is 0 Å². The van der Waals surface area contributed by atoms with E-state index in [0.29, 0.717) is 22.0 Å². The fourth-order valence-electron chi connectivity index (χ4n) is 2.27. The van der Waals surface area contributed by atoms with E-state index in [4.69, 9.17) is 17.3 Å². The monoisotopic (exact) mass is 345 g/mol. The van der Waals surface area contributed by atoms with Crippen LogP contribution < -0.4 is 16.4 Å². The van der Waals surface area contributed by atoms with Crippen molar-refractivity contribution < 1.29 is 9.59 Å². The summed E-state index contributed by atoms with van der Waals surface area (Å²) in [6.07, 6.45) is 0. The molecule has 0 radical (unpaired) electrons. The molecule has 6 heteroatoms. The van der Waals surface area contributed by atoms with Gasteiger partial charge in [0, 0.05) is 11.3 Å². The Morgan fingerprint density at radius 1 is 1.12 bits per heavy atom. The molecule has 0 aliphatic rings. The van der Waals surface area contributed by atoms with Crippen molar-refractivity contribution in [3.8, 4) is 0 Å². The Bertz CT molecular complexity index is 788. The molecule has 0 aromatic heterocycles. The number of urea groups is 1. The summed E-state index contributed by atoms with van der Waals surface area (Å²) in [6.45, 7) is 5.24. The fraction of sp³-hybridized carbons (Fsp3) is 0.222. The molecule has 24 heavy (non-hydrogen) atoms. The van der Waals surface area contributed by atoms with Crippen LogP contribution in [0.1, 0.15) is 36.7 Å². The number of carbonyl (C=O) groups excluding carboxylic acids is 2. The minimum absolute atomic E-state index is 0.0197. The first-order valence-electron chi connectivity index (χ1n) is 7.45. The third-order valence-electron chi connectivity index (χ3n) is 3.67. The Labute approximate surface area is 146 Å². The van der Waals surface area contributed by atoms with Crippen LogP contribution in [0.5, 0.6) is 0 Å². The zero-order chi connectivity index (χ0) is 17.9. The Morgan fingerprint density at radius 3 is 2.46 bits per heavy atom. The maximum Gasteiger partial charge on any atom is 0.319 e. The highest BCUT2D eigenvalue weighted by Gasteiger charge is 2.23. The zero-order valence-corrected chi connectivity index (χ0v) is 14.6. The van der Waals surface area contributed by atoms with Crippen molar-refractivity contribution in [2.24, 2.45) is 0 Å². The second kappa shape index (κ2) is 6.93. The quantitative estimate of drug-likeness (QED) is 0.574. The largest absolute Gasteiger partial charge is 0.397 e. The first kappa shape index (κ1) is 17.8. The Kier molecular flexibility index (Phi) is 5.14. The normalized spacial score (nSPS) is 11.0. The average Bonchev–Trinajstić information content (AvgIpc) is 2.50. The molecule has 0 aliphatic heterocycles. The SMILES string of the molecule is CC(=O)c1cccc(C(C)(C)NC(=O)Nc2ccc(Cl)c(N)c2)c1. The summed E-state index contributed by atoms with van der Waals surface area (Å²) in [6, 6.07) is 11.7. The third kappa shape index (κ3) is 4.26. The van der Waals surface area contributed by atoms with Gasteiger partial charge < -0.3 is 16.4 Å². The van der Waals surface area contributed by atoms with Gasteiger partial charge in [-0.1, -0.05) is 29.8 Å². The third-order valence-corrected chi connectivity index (χ3v) is 4.01. The number of carbonyl (C=O) groups is 2. The lowest BCUT2D eigenvalue weighted by atomic mass is 9.92. The predicted molar refractivity (Wildman–Crippen MR) is 97.5 cm³/mol. The fourth-order valence-corrected chi connectivity index (χ4v) is 2.38. The van der Waals surface area contributed by atoms with Gasteiger partial charge in [-0.25, -0.2) is 4.79 Å². The van der Waals surface area contributed by atoms with E-state index < -0.39 is 5.54 Å². The van der Waals surface area contributed by atoms with E-state index in [1.165, 1.54) is 6.92 Å². The van der Waals surface area contributed by atoms with E-state index >= 15 is 0 Å². The van der Waals surface area contributed by atoms with Gasteiger partial charge in [0.05, 0.1) is 16.2 Å². The van der Waals surface area contributed by atoms with Gasteiger partial charge in [-0.05, 0) is 50.6 Å². The summed E-state index contributed by atoms with van der Waals surface area (Å²) in [5.74, 6) is -0.0197. The van der Waals surface area contributed by atoms with Crippen molar-refractivity contribution in [2.45, 2.75) is 26.3 Å². The van der Waals surface area contributed by atoms with Crippen molar-refractivity contribution in [2.75, 3.05) is 11.1 Å². The Hall–Kier alpha value is -2.53. The number of hydrogen-bond donors (Lipinski definition) is 3. The number of Topliss-reactive ketones (excluding diaryl/α,β-unsaturated/α-hetero) is 1. The van der Waals surface area contributed by atoms with E-state index in [1.807, 2.05) is 19.9 Å². The van der Waals surface area contributed by atoms with Gasteiger partial charge in [0.1, 0.15) is 0 Å².